The normalized spacial score (nSPS) is 30.8. The quantitative estimate of drug-likeness (QED) is 0.801. The van der Waals surface area contributed by atoms with Crippen molar-refractivity contribution in [1.29, 1.82) is 0 Å². The third kappa shape index (κ3) is 2.84. The van der Waals surface area contributed by atoms with Gasteiger partial charge in [-0.15, -0.1) is 0 Å². The number of hydrogen-bond acceptors (Lipinski definition) is 4. The van der Waals surface area contributed by atoms with Crippen LogP contribution in [0.5, 0.6) is 0 Å². The van der Waals surface area contributed by atoms with Crippen LogP contribution in [0.2, 0.25) is 0 Å². The predicted octanol–water partition coefficient (Wildman–Crippen LogP) is 3.33. The highest BCUT2D eigenvalue weighted by molar-refractivity contribution is 8.03. The van der Waals surface area contributed by atoms with Crippen molar-refractivity contribution in [3.8, 4) is 11.2 Å². The Balaban J connectivity index is 1.76. The van der Waals surface area contributed by atoms with Crippen LogP contribution in [0.1, 0.15) is 30.9 Å². The molecule has 0 amide bonds. The van der Waals surface area contributed by atoms with Crippen LogP contribution in [-0.4, -0.2) is 26.1 Å². The van der Waals surface area contributed by atoms with Crippen LogP contribution >= 0.6 is 11.8 Å². The molecule has 2 bridgehead atoms. The highest BCUT2D eigenvalue weighted by atomic mass is 32.2. The zero-order chi connectivity index (χ0) is 14.8. The van der Waals surface area contributed by atoms with Crippen molar-refractivity contribution < 1.29 is 14.2 Å². The molecule has 3 nitrogen and oxygen atoms in total. The fourth-order valence-corrected chi connectivity index (χ4v) is 3.08. The number of rotatable bonds is 3. The first kappa shape index (κ1) is 14.9. The molecule has 3 saturated heterocycles. The second kappa shape index (κ2) is 6.02. The SMILES string of the molecule is CCCC12COC(c3ccc(C#CSC)cc3)(OC1)OC2. The Morgan fingerprint density at radius 3 is 2.24 bits per heavy atom. The first-order chi connectivity index (χ1) is 10.2. The Bertz CT molecular complexity index is 531. The van der Waals surface area contributed by atoms with Gasteiger partial charge in [-0.2, -0.15) is 0 Å². The summed E-state index contributed by atoms with van der Waals surface area (Å²) in [5, 5.41) is 2.99. The highest BCUT2D eigenvalue weighted by Gasteiger charge is 2.53. The first-order valence-electron chi connectivity index (χ1n) is 7.28. The van der Waals surface area contributed by atoms with E-state index >= 15 is 0 Å². The van der Waals surface area contributed by atoms with Crippen molar-refractivity contribution in [2.75, 3.05) is 26.1 Å². The van der Waals surface area contributed by atoms with E-state index in [9.17, 15) is 0 Å². The number of fused-ring (bicyclic) bond motifs is 3. The molecule has 0 aliphatic carbocycles. The third-order valence-electron chi connectivity index (χ3n) is 4.02. The van der Waals surface area contributed by atoms with E-state index in [1.807, 2.05) is 30.5 Å². The van der Waals surface area contributed by atoms with Crippen molar-refractivity contribution in [1.82, 2.24) is 0 Å². The molecule has 3 fully saturated rings. The first-order valence-corrected chi connectivity index (χ1v) is 8.51. The van der Waals surface area contributed by atoms with E-state index in [2.05, 4.69) is 18.1 Å². The zero-order valence-corrected chi connectivity index (χ0v) is 13.3. The van der Waals surface area contributed by atoms with Crippen molar-refractivity contribution in [2.24, 2.45) is 5.41 Å². The van der Waals surface area contributed by atoms with Crippen molar-refractivity contribution in [2.45, 2.75) is 25.7 Å². The molecule has 0 aromatic heterocycles. The molecule has 3 heterocycles. The topological polar surface area (TPSA) is 27.7 Å². The summed E-state index contributed by atoms with van der Waals surface area (Å²) in [7, 11) is 0. The second-order valence-corrected chi connectivity index (χ2v) is 6.29. The maximum absolute atomic E-state index is 5.94. The van der Waals surface area contributed by atoms with Crippen LogP contribution in [0.3, 0.4) is 0 Å². The molecular formula is C17H20O3S. The average molecular weight is 304 g/mol. The van der Waals surface area contributed by atoms with Gasteiger partial charge in [-0.25, -0.2) is 0 Å². The van der Waals surface area contributed by atoms with Crippen LogP contribution < -0.4 is 0 Å². The summed E-state index contributed by atoms with van der Waals surface area (Å²) in [6, 6.07) is 7.91. The monoisotopic (exact) mass is 304 g/mol. The lowest BCUT2D eigenvalue weighted by atomic mass is 9.83. The van der Waals surface area contributed by atoms with E-state index < -0.39 is 5.97 Å². The van der Waals surface area contributed by atoms with Crippen molar-refractivity contribution in [3.63, 3.8) is 0 Å². The number of thioether (sulfide) groups is 1. The fraction of sp³-hybridized carbons (Fsp3) is 0.529. The molecule has 3 aliphatic heterocycles. The molecule has 21 heavy (non-hydrogen) atoms. The van der Waals surface area contributed by atoms with Crippen molar-refractivity contribution >= 4 is 11.8 Å². The molecule has 0 saturated carbocycles. The van der Waals surface area contributed by atoms with Gasteiger partial charge >= 0.3 is 5.97 Å². The second-order valence-electron chi connectivity index (χ2n) is 5.68. The summed E-state index contributed by atoms with van der Waals surface area (Å²) in [6.45, 7) is 4.29. The Kier molecular flexibility index (Phi) is 4.28. The van der Waals surface area contributed by atoms with Crippen LogP contribution in [0.4, 0.5) is 0 Å². The number of ether oxygens (including phenoxy) is 3. The molecule has 4 heteroatoms. The fourth-order valence-electron chi connectivity index (χ4n) is 2.86. The van der Waals surface area contributed by atoms with Gasteiger partial charge in [0.05, 0.1) is 19.8 Å². The Labute approximate surface area is 130 Å². The van der Waals surface area contributed by atoms with Crippen LogP contribution in [0.15, 0.2) is 24.3 Å². The van der Waals surface area contributed by atoms with E-state index in [1.165, 1.54) is 11.8 Å². The van der Waals surface area contributed by atoms with Crippen LogP contribution in [0, 0.1) is 16.6 Å². The van der Waals surface area contributed by atoms with Gasteiger partial charge in [-0.05, 0) is 42.2 Å². The van der Waals surface area contributed by atoms with Gasteiger partial charge < -0.3 is 14.2 Å². The largest absolute Gasteiger partial charge is 0.323 e. The molecule has 3 aliphatic rings. The summed E-state index contributed by atoms with van der Waals surface area (Å²) in [5.74, 6) is 2.07. The van der Waals surface area contributed by atoms with Gasteiger partial charge in [0, 0.05) is 16.5 Å². The van der Waals surface area contributed by atoms with Crippen molar-refractivity contribution in [3.05, 3.63) is 35.4 Å². The molecule has 1 aromatic rings. The molecule has 0 radical (unpaired) electrons. The van der Waals surface area contributed by atoms with E-state index in [4.69, 9.17) is 14.2 Å². The molecule has 0 N–H and O–H groups in total. The molecule has 0 spiro atoms. The number of benzene rings is 1. The van der Waals surface area contributed by atoms with E-state index in [0.717, 1.165) is 24.0 Å². The molecule has 0 unspecified atom stereocenters. The molecular weight excluding hydrogens is 284 g/mol. The van der Waals surface area contributed by atoms with Gasteiger partial charge in [0.15, 0.2) is 0 Å². The Hall–Kier alpha value is -0.990. The van der Waals surface area contributed by atoms with Gasteiger partial charge in [0.2, 0.25) is 0 Å². The molecule has 1 aromatic carbocycles. The minimum Gasteiger partial charge on any atom is -0.323 e. The minimum absolute atomic E-state index is 0.0419. The van der Waals surface area contributed by atoms with Gasteiger partial charge in [0.1, 0.15) is 0 Å². The highest BCUT2D eigenvalue weighted by Crippen LogP contribution is 2.46. The van der Waals surface area contributed by atoms with Gasteiger partial charge in [-0.3, -0.25) is 0 Å². The van der Waals surface area contributed by atoms with Crippen LogP contribution in [-0.2, 0) is 20.2 Å². The lowest BCUT2D eigenvalue weighted by molar-refractivity contribution is -0.480. The summed E-state index contributed by atoms with van der Waals surface area (Å²) >= 11 is 1.51. The van der Waals surface area contributed by atoms with Crippen LogP contribution in [0.25, 0.3) is 0 Å². The summed E-state index contributed by atoms with van der Waals surface area (Å²) in [5.41, 5.74) is 1.93. The summed E-state index contributed by atoms with van der Waals surface area (Å²) in [6.07, 6.45) is 4.15. The standard InChI is InChI=1S/C17H20O3S/c1-3-9-16-11-18-17(19-12-16,20-13-16)15-6-4-14(5-7-15)8-10-21-2/h4-7H,3,9,11-13H2,1-2H3. The Morgan fingerprint density at radius 1 is 1.10 bits per heavy atom. The number of hydrogen-bond donors (Lipinski definition) is 0. The van der Waals surface area contributed by atoms with E-state index in [1.54, 1.807) is 0 Å². The average Bonchev–Trinajstić information content (AvgIpc) is 2.55. The summed E-state index contributed by atoms with van der Waals surface area (Å²) < 4.78 is 17.8. The maximum atomic E-state index is 5.94. The Morgan fingerprint density at radius 2 is 1.71 bits per heavy atom. The lowest BCUT2D eigenvalue weighted by Gasteiger charge is -2.51. The molecule has 0 atom stereocenters. The molecule has 4 rings (SSSR count). The summed E-state index contributed by atoms with van der Waals surface area (Å²) in [4.78, 5) is 0. The predicted molar refractivity (Wildman–Crippen MR) is 83.7 cm³/mol. The van der Waals surface area contributed by atoms with Gasteiger partial charge in [-0.1, -0.05) is 31.0 Å². The zero-order valence-electron chi connectivity index (χ0n) is 12.5. The third-order valence-corrected chi connectivity index (χ3v) is 4.33. The smallest absolute Gasteiger partial charge is 0.312 e. The maximum Gasteiger partial charge on any atom is 0.312 e. The lowest BCUT2D eigenvalue weighted by Crippen LogP contribution is -2.58. The van der Waals surface area contributed by atoms with E-state index in [0.29, 0.717) is 19.8 Å². The molecule has 112 valence electrons. The van der Waals surface area contributed by atoms with Gasteiger partial charge in [0.25, 0.3) is 0 Å². The minimum atomic E-state index is -1.01. The van der Waals surface area contributed by atoms with E-state index in [-0.39, 0.29) is 5.41 Å².